The summed E-state index contributed by atoms with van der Waals surface area (Å²) < 4.78 is 0. The maximum Gasteiger partial charge on any atom is 0.0503 e. The van der Waals surface area contributed by atoms with E-state index in [1.54, 1.807) is 0 Å². The molecule has 3 heteroatoms. The van der Waals surface area contributed by atoms with E-state index in [0.717, 1.165) is 17.0 Å². The molecule has 3 N–H and O–H groups in total. The smallest absolute Gasteiger partial charge is 0.0503 e. The summed E-state index contributed by atoms with van der Waals surface area (Å²) in [6.07, 6.45) is 0.767. The number of hydrogen-bond donors (Lipinski definition) is 2. The first-order chi connectivity index (χ1) is 9.93. The minimum Gasteiger partial charge on any atom is -0.271 e. The summed E-state index contributed by atoms with van der Waals surface area (Å²) >= 11 is 6.27. The molecule has 0 heterocycles. The zero-order chi connectivity index (χ0) is 15.5. The van der Waals surface area contributed by atoms with Crippen LogP contribution in [0.1, 0.15) is 43.5 Å². The SMILES string of the molecule is CC(C)(C)c1ccccc1C(Cc1ccccc1Cl)NN. The van der Waals surface area contributed by atoms with Gasteiger partial charge in [-0.3, -0.25) is 11.3 Å². The van der Waals surface area contributed by atoms with Crippen LogP contribution in [0.5, 0.6) is 0 Å². The molecule has 0 aromatic heterocycles. The van der Waals surface area contributed by atoms with Gasteiger partial charge in [-0.2, -0.15) is 0 Å². The van der Waals surface area contributed by atoms with Crippen molar-refractivity contribution in [3.8, 4) is 0 Å². The molecule has 0 spiro atoms. The van der Waals surface area contributed by atoms with E-state index in [-0.39, 0.29) is 11.5 Å². The van der Waals surface area contributed by atoms with Gasteiger partial charge in [-0.15, -0.1) is 0 Å². The topological polar surface area (TPSA) is 38.0 Å². The van der Waals surface area contributed by atoms with Crippen molar-refractivity contribution in [2.75, 3.05) is 0 Å². The summed E-state index contributed by atoms with van der Waals surface area (Å²) in [6, 6.07) is 16.4. The first-order valence-electron chi connectivity index (χ1n) is 7.22. The van der Waals surface area contributed by atoms with Crippen LogP contribution in [-0.2, 0) is 11.8 Å². The van der Waals surface area contributed by atoms with Crippen molar-refractivity contribution in [1.29, 1.82) is 0 Å². The first kappa shape index (κ1) is 16.0. The Bertz CT molecular complexity index is 602. The van der Waals surface area contributed by atoms with Gasteiger partial charge >= 0.3 is 0 Å². The summed E-state index contributed by atoms with van der Waals surface area (Å²) in [5.41, 5.74) is 6.66. The normalized spacial score (nSPS) is 13.2. The molecule has 0 aliphatic carbocycles. The zero-order valence-electron chi connectivity index (χ0n) is 12.9. The van der Waals surface area contributed by atoms with Gasteiger partial charge < -0.3 is 0 Å². The lowest BCUT2D eigenvalue weighted by Gasteiger charge is -2.27. The number of benzene rings is 2. The summed E-state index contributed by atoms with van der Waals surface area (Å²) in [6.45, 7) is 6.65. The lowest BCUT2D eigenvalue weighted by atomic mass is 9.81. The fourth-order valence-corrected chi connectivity index (χ4v) is 2.84. The fraction of sp³-hybridized carbons (Fsp3) is 0.333. The van der Waals surface area contributed by atoms with E-state index in [1.807, 2.05) is 24.3 Å². The quantitative estimate of drug-likeness (QED) is 0.649. The van der Waals surface area contributed by atoms with Gasteiger partial charge in [0.25, 0.3) is 0 Å². The Balaban J connectivity index is 2.37. The van der Waals surface area contributed by atoms with E-state index in [1.165, 1.54) is 11.1 Å². The van der Waals surface area contributed by atoms with Gasteiger partial charge in [0.1, 0.15) is 0 Å². The van der Waals surface area contributed by atoms with Crippen LogP contribution in [0.25, 0.3) is 0 Å². The minimum atomic E-state index is 0.0420. The Kier molecular flexibility index (Phi) is 5.04. The zero-order valence-corrected chi connectivity index (χ0v) is 13.6. The second kappa shape index (κ2) is 6.61. The fourth-order valence-electron chi connectivity index (χ4n) is 2.63. The van der Waals surface area contributed by atoms with E-state index >= 15 is 0 Å². The van der Waals surface area contributed by atoms with Crippen molar-refractivity contribution in [3.63, 3.8) is 0 Å². The second-order valence-electron chi connectivity index (χ2n) is 6.35. The molecule has 0 saturated carbocycles. The molecule has 1 unspecified atom stereocenters. The standard InChI is InChI=1S/C18H23ClN2/c1-18(2,3)15-10-6-5-9-14(15)17(21-20)12-13-8-4-7-11-16(13)19/h4-11,17,21H,12,20H2,1-3H3. The molecule has 2 aromatic carbocycles. The van der Waals surface area contributed by atoms with E-state index in [2.05, 4.69) is 50.5 Å². The molecule has 0 aliphatic rings. The Hall–Kier alpha value is -1.35. The Morgan fingerprint density at radius 3 is 2.29 bits per heavy atom. The summed E-state index contributed by atoms with van der Waals surface area (Å²) in [5.74, 6) is 5.82. The lowest BCUT2D eigenvalue weighted by Crippen LogP contribution is -2.31. The average Bonchev–Trinajstić information content (AvgIpc) is 2.45. The number of rotatable bonds is 4. The third-order valence-electron chi connectivity index (χ3n) is 3.73. The van der Waals surface area contributed by atoms with Crippen molar-refractivity contribution in [2.45, 2.75) is 38.6 Å². The monoisotopic (exact) mass is 302 g/mol. The van der Waals surface area contributed by atoms with Crippen LogP contribution in [-0.4, -0.2) is 0 Å². The van der Waals surface area contributed by atoms with Crippen molar-refractivity contribution in [3.05, 3.63) is 70.2 Å². The van der Waals surface area contributed by atoms with E-state index in [4.69, 9.17) is 17.4 Å². The number of nitrogens with one attached hydrogen (secondary N) is 1. The predicted molar refractivity (Wildman–Crippen MR) is 90.4 cm³/mol. The molecule has 112 valence electrons. The van der Waals surface area contributed by atoms with Crippen LogP contribution in [0.2, 0.25) is 5.02 Å². The lowest BCUT2D eigenvalue weighted by molar-refractivity contribution is 0.518. The van der Waals surface area contributed by atoms with Gasteiger partial charge in [0, 0.05) is 5.02 Å². The van der Waals surface area contributed by atoms with Gasteiger partial charge in [0.2, 0.25) is 0 Å². The van der Waals surface area contributed by atoms with Crippen molar-refractivity contribution in [2.24, 2.45) is 5.84 Å². The van der Waals surface area contributed by atoms with Crippen LogP contribution in [0.15, 0.2) is 48.5 Å². The van der Waals surface area contributed by atoms with Crippen molar-refractivity contribution in [1.82, 2.24) is 5.43 Å². The highest BCUT2D eigenvalue weighted by atomic mass is 35.5. The molecule has 2 aromatic rings. The molecule has 0 bridgehead atoms. The van der Waals surface area contributed by atoms with E-state index in [9.17, 15) is 0 Å². The molecule has 1 atom stereocenters. The third-order valence-corrected chi connectivity index (χ3v) is 4.10. The number of nitrogens with two attached hydrogens (primary N) is 1. The maximum atomic E-state index is 6.27. The van der Waals surface area contributed by atoms with Crippen LogP contribution in [0, 0.1) is 0 Å². The van der Waals surface area contributed by atoms with Gasteiger partial charge in [0.15, 0.2) is 0 Å². The summed E-state index contributed by atoms with van der Waals surface area (Å²) in [4.78, 5) is 0. The maximum absolute atomic E-state index is 6.27. The minimum absolute atomic E-state index is 0.0420. The van der Waals surface area contributed by atoms with Gasteiger partial charge in [-0.05, 0) is 34.6 Å². The Morgan fingerprint density at radius 2 is 1.67 bits per heavy atom. The largest absolute Gasteiger partial charge is 0.271 e. The highest BCUT2D eigenvalue weighted by Crippen LogP contribution is 2.31. The van der Waals surface area contributed by atoms with Crippen LogP contribution >= 0.6 is 11.6 Å². The third kappa shape index (κ3) is 3.85. The molecular formula is C18H23ClN2. The molecule has 0 saturated heterocycles. The Labute approximate surface area is 132 Å². The van der Waals surface area contributed by atoms with Crippen LogP contribution < -0.4 is 11.3 Å². The molecule has 0 aliphatic heterocycles. The average molecular weight is 303 g/mol. The number of hydrogen-bond acceptors (Lipinski definition) is 2. The molecule has 0 fully saturated rings. The number of hydrazine groups is 1. The molecular weight excluding hydrogens is 280 g/mol. The predicted octanol–water partition coefficient (Wildman–Crippen LogP) is 4.38. The molecule has 2 nitrogen and oxygen atoms in total. The first-order valence-corrected chi connectivity index (χ1v) is 7.60. The molecule has 0 amide bonds. The molecule has 2 rings (SSSR count). The van der Waals surface area contributed by atoms with Gasteiger partial charge in [-0.1, -0.05) is 74.8 Å². The van der Waals surface area contributed by atoms with E-state index in [0.29, 0.717) is 0 Å². The van der Waals surface area contributed by atoms with Crippen molar-refractivity contribution >= 4 is 11.6 Å². The molecule has 21 heavy (non-hydrogen) atoms. The van der Waals surface area contributed by atoms with Crippen molar-refractivity contribution < 1.29 is 0 Å². The summed E-state index contributed by atoms with van der Waals surface area (Å²) in [5, 5.41) is 0.783. The Morgan fingerprint density at radius 1 is 1.05 bits per heavy atom. The highest BCUT2D eigenvalue weighted by molar-refractivity contribution is 6.31. The van der Waals surface area contributed by atoms with Crippen LogP contribution in [0.3, 0.4) is 0 Å². The second-order valence-corrected chi connectivity index (χ2v) is 6.76. The van der Waals surface area contributed by atoms with E-state index < -0.39 is 0 Å². The highest BCUT2D eigenvalue weighted by Gasteiger charge is 2.22. The van der Waals surface area contributed by atoms with Gasteiger partial charge in [-0.25, -0.2) is 0 Å². The van der Waals surface area contributed by atoms with Crippen LogP contribution in [0.4, 0.5) is 0 Å². The number of halogens is 1. The van der Waals surface area contributed by atoms with Gasteiger partial charge in [0.05, 0.1) is 6.04 Å². The summed E-state index contributed by atoms with van der Waals surface area (Å²) in [7, 11) is 0. The molecule has 0 radical (unpaired) electrons.